The van der Waals surface area contributed by atoms with Crippen LogP contribution >= 0.6 is 11.3 Å². The zero-order chi connectivity index (χ0) is 23.6. The van der Waals surface area contributed by atoms with Crippen molar-refractivity contribution in [3.63, 3.8) is 0 Å². The number of nitrogens with one attached hydrogen (secondary N) is 1. The van der Waals surface area contributed by atoms with Gasteiger partial charge in [-0.2, -0.15) is 4.31 Å². The average Bonchev–Trinajstić information content (AvgIpc) is 3.15. The number of carbonyl (C=O) groups excluding carboxylic acids is 1. The van der Waals surface area contributed by atoms with E-state index in [1.165, 1.54) is 15.6 Å². The maximum absolute atomic E-state index is 13.6. The second kappa shape index (κ2) is 9.43. The predicted molar refractivity (Wildman–Crippen MR) is 133 cm³/mol. The summed E-state index contributed by atoms with van der Waals surface area (Å²) in [6.07, 6.45) is 0. The minimum Gasteiger partial charge on any atom is -0.325 e. The summed E-state index contributed by atoms with van der Waals surface area (Å²) in [5.41, 5.74) is 4.25. The van der Waals surface area contributed by atoms with Crippen LogP contribution in [0.3, 0.4) is 0 Å². The Kier molecular flexibility index (Phi) is 6.60. The highest BCUT2D eigenvalue weighted by atomic mass is 32.2. The Morgan fingerprint density at radius 2 is 1.76 bits per heavy atom. The molecule has 4 aromatic rings. The summed E-state index contributed by atoms with van der Waals surface area (Å²) in [6, 6.07) is 19.9. The van der Waals surface area contributed by atoms with Gasteiger partial charge in [0.25, 0.3) is 0 Å². The molecule has 33 heavy (non-hydrogen) atoms. The quantitative estimate of drug-likeness (QED) is 0.402. The normalized spacial score (nSPS) is 11.8. The Bertz CT molecular complexity index is 1410. The molecule has 8 heteroatoms. The molecule has 1 N–H and O–H groups in total. The highest BCUT2D eigenvalue weighted by Crippen LogP contribution is 2.27. The van der Waals surface area contributed by atoms with Crippen molar-refractivity contribution in [2.24, 2.45) is 0 Å². The molecule has 1 heterocycles. The van der Waals surface area contributed by atoms with E-state index in [0.29, 0.717) is 5.69 Å². The standard InChI is InChI=1S/C25H25N3O3S2/c1-17-9-11-22(18(2)13-17)27-25(29)16-28(15-20-7-5-4-6-8-20)33(30,31)21-10-12-23-24(14-21)32-19(3)26-23/h4-14H,15-16H2,1-3H3,(H,27,29). The van der Waals surface area contributed by atoms with E-state index in [0.717, 1.165) is 31.9 Å². The smallest absolute Gasteiger partial charge is 0.243 e. The highest BCUT2D eigenvalue weighted by Gasteiger charge is 2.27. The van der Waals surface area contributed by atoms with Crippen LogP contribution in [0.2, 0.25) is 0 Å². The fraction of sp³-hybridized carbons (Fsp3) is 0.200. The van der Waals surface area contributed by atoms with Crippen molar-refractivity contribution in [1.82, 2.24) is 9.29 Å². The summed E-state index contributed by atoms with van der Waals surface area (Å²) in [7, 11) is -3.93. The van der Waals surface area contributed by atoms with Crippen LogP contribution in [0.25, 0.3) is 10.2 Å². The van der Waals surface area contributed by atoms with Crippen molar-refractivity contribution in [3.05, 3.63) is 88.4 Å². The molecule has 4 rings (SSSR count). The maximum Gasteiger partial charge on any atom is 0.243 e. The minimum absolute atomic E-state index is 0.0865. The van der Waals surface area contributed by atoms with Gasteiger partial charge in [-0.3, -0.25) is 4.79 Å². The number of aryl methyl sites for hydroxylation is 3. The Morgan fingerprint density at radius 1 is 1.00 bits per heavy atom. The van der Waals surface area contributed by atoms with Crippen LogP contribution in [-0.2, 0) is 21.4 Å². The molecule has 0 radical (unpaired) electrons. The Balaban J connectivity index is 1.65. The molecular weight excluding hydrogens is 454 g/mol. The number of rotatable bonds is 7. The Labute approximate surface area is 198 Å². The van der Waals surface area contributed by atoms with Crippen molar-refractivity contribution in [2.75, 3.05) is 11.9 Å². The lowest BCUT2D eigenvalue weighted by atomic mass is 10.1. The third kappa shape index (κ3) is 5.30. The maximum atomic E-state index is 13.6. The van der Waals surface area contributed by atoms with Gasteiger partial charge in [-0.1, -0.05) is 48.0 Å². The molecule has 3 aromatic carbocycles. The summed E-state index contributed by atoms with van der Waals surface area (Å²) in [5.74, 6) is -0.392. The van der Waals surface area contributed by atoms with Gasteiger partial charge in [0, 0.05) is 12.2 Å². The number of hydrogen-bond acceptors (Lipinski definition) is 5. The molecule has 1 aromatic heterocycles. The first-order chi connectivity index (χ1) is 15.7. The van der Waals surface area contributed by atoms with Crippen molar-refractivity contribution in [3.8, 4) is 0 Å². The van der Waals surface area contributed by atoms with Crippen molar-refractivity contribution in [2.45, 2.75) is 32.2 Å². The number of fused-ring (bicyclic) bond motifs is 1. The molecule has 0 aliphatic carbocycles. The van der Waals surface area contributed by atoms with E-state index in [1.54, 1.807) is 18.2 Å². The third-order valence-electron chi connectivity index (χ3n) is 5.28. The van der Waals surface area contributed by atoms with Gasteiger partial charge in [-0.25, -0.2) is 13.4 Å². The minimum atomic E-state index is -3.93. The van der Waals surface area contributed by atoms with Gasteiger partial charge in [0.05, 0.1) is 26.7 Å². The number of nitrogens with zero attached hydrogens (tertiary/aromatic N) is 2. The molecule has 0 aliphatic heterocycles. The van der Waals surface area contributed by atoms with E-state index < -0.39 is 15.9 Å². The van der Waals surface area contributed by atoms with Crippen molar-refractivity contribution >= 4 is 43.2 Å². The first-order valence-corrected chi connectivity index (χ1v) is 12.8. The van der Waals surface area contributed by atoms with Crippen LogP contribution in [0.5, 0.6) is 0 Å². The third-order valence-corrected chi connectivity index (χ3v) is 8.00. The molecule has 0 saturated carbocycles. The van der Waals surface area contributed by atoms with E-state index in [4.69, 9.17) is 0 Å². The predicted octanol–water partition coefficient (Wildman–Crippen LogP) is 5.05. The average molecular weight is 480 g/mol. The lowest BCUT2D eigenvalue weighted by Crippen LogP contribution is -2.37. The Morgan fingerprint density at radius 3 is 2.48 bits per heavy atom. The molecule has 0 saturated heterocycles. The first-order valence-electron chi connectivity index (χ1n) is 10.5. The van der Waals surface area contributed by atoms with Gasteiger partial charge in [-0.15, -0.1) is 11.3 Å². The summed E-state index contributed by atoms with van der Waals surface area (Å²) >= 11 is 1.44. The molecule has 0 bridgehead atoms. The topological polar surface area (TPSA) is 79.4 Å². The molecule has 6 nitrogen and oxygen atoms in total. The lowest BCUT2D eigenvalue weighted by Gasteiger charge is -2.22. The van der Waals surface area contributed by atoms with Gasteiger partial charge >= 0.3 is 0 Å². The summed E-state index contributed by atoms with van der Waals surface area (Å²) < 4.78 is 29.3. The number of sulfonamides is 1. The van der Waals surface area contributed by atoms with Gasteiger partial charge in [-0.05, 0) is 56.2 Å². The highest BCUT2D eigenvalue weighted by molar-refractivity contribution is 7.89. The monoisotopic (exact) mass is 479 g/mol. The lowest BCUT2D eigenvalue weighted by molar-refractivity contribution is -0.116. The second-order valence-electron chi connectivity index (χ2n) is 7.99. The number of amides is 1. The number of thiazole rings is 1. The van der Waals surface area contributed by atoms with Crippen LogP contribution in [0.15, 0.2) is 71.6 Å². The van der Waals surface area contributed by atoms with E-state index in [9.17, 15) is 13.2 Å². The molecule has 0 fully saturated rings. The molecule has 1 amide bonds. The van der Waals surface area contributed by atoms with Crippen LogP contribution in [-0.4, -0.2) is 30.2 Å². The molecule has 0 unspecified atom stereocenters. The van der Waals surface area contributed by atoms with E-state index in [2.05, 4.69) is 10.3 Å². The summed E-state index contributed by atoms with van der Waals surface area (Å²) in [5, 5.41) is 3.73. The summed E-state index contributed by atoms with van der Waals surface area (Å²) in [4.78, 5) is 17.5. The van der Waals surface area contributed by atoms with Crippen molar-refractivity contribution in [1.29, 1.82) is 0 Å². The first kappa shape index (κ1) is 23.1. The summed E-state index contributed by atoms with van der Waals surface area (Å²) in [6.45, 7) is 5.56. The molecule has 0 spiro atoms. The van der Waals surface area contributed by atoms with Gasteiger partial charge in [0.2, 0.25) is 15.9 Å². The van der Waals surface area contributed by atoms with E-state index in [1.807, 2.05) is 69.3 Å². The number of carbonyl (C=O) groups is 1. The largest absolute Gasteiger partial charge is 0.325 e. The molecule has 0 atom stereocenters. The number of benzene rings is 3. The van der Waals surface area contributed by atoms with Gasteiger partial charge in [0.15, 0.2) is 0 Å². The molecule has 0 aliphatic rings. The number of hydrogen-bond donors (Lipinski definition) is 1. The second-order valence-corrected chi connectivity index (χ2v) is 11.2. The zero-order valence-corrected chi connectivity index (χ0v) is 20.3. The number of aromatic nitrogens is 1. The fourth-order valence-electron chi connectivity index (χ4n) is 3.65. The fourth-order valence-corrected chi connectivity index (χ4v) is 6.00. The SMILES string of the molecule is Cc1ccc(NC(=O)CN(Cc2ccccc2)S(=O)(=O)c2ccc3nc(C)sc3c2)c(C)c1. The molecular formula is C25H25N3O3S2. The van der Waals surface area contributed by atoms with Crippen LogP contribution in [0.1, 0.15) is 21.7 Å². The van der Waals surface area contributed by atoms with Crippen LogP contribution < -0.4 is 5.32 Å². The van der Waals surface area contributed by atoms with E-state index >= 15 is 0 Å². The van der Waals surface area contributed by atoms with E-state index in [-0.39, 0.29) is 18.0 Å². The zero-order valence-electron chi connectivity index (χ0n) is 18.7. The van der Waals surface area contributed by atoms with Crippen molar-refractivity contribution < 1.29 is 13.2 Å². The van der Waals surface area contributed by atoms with Gasteiger partial charge in [0.1, 0.15) is 0 Å². The molecule has 170 valence electrons. The van der Waals surface area contributed by atoms with Crippen LogP contribution in [0, 0.1) is 20.8 Å². The number of anilines is 1. The van der Waals surface area contributed by atoms with Gasteiger partial charge < -0.3 is 5.32 Å². The van der Waals surface area contributed by atoms with Crippen LogP contribution in [0.4, 0.5) is 5.69 Å². The Hall–Kier alpha value is -3.07.